The van der Waals surface area contributed by atoms with E-state index in [4.69, 9.17) is 0 Å². The smallest absolute Gasteiger partial charge is 0.251 e. The number of halogens is 1. The molecule has 3 nitrogen and oxygen atoms in total. The number of amides is 1. The zero-order valence-electron chi connectivity index (χ0n) is 9.95. The van der Waals surface area contributed by atoms with Crippen LogP contribution in [0.3, 0.4) is 0 Å². The van der Waals surface area contributed by atoms with E-state index in [9.17, 15) is 9.18 Å². The summed E-state index contributed by atoms with van der Waals surface area (Å²) in [6, 6.07) is 2.92. The van der Waals surface area contributed by atoms with Gasteiger partial charge >= 0.3 is 0 Å². The molecule has 1 aromatic rings. The van der Waals surface area contributed by atoms with E-state index in [1.54, 1.807) is 0 Å². The molecule has 1 amide bonds. The average Bonchev–Trinajstić information content (AvgIpc) is 2.32. The molecule has 1 aromatic heterocycles. The van der Waals surface area contributed by atoms with Crippen LogP contribution in [0.5, 0.6) is 0 Å². The Bertz CT molecular complexity index is 413. The number of carbonyl (C=O) groups is 1. The van der Waals surface area contributed by atoms with Crippen LogP contribution >= 0.6 is 0 Å². The van der Waals surface area contributed by atoms with Gasteiger partial charge in [-0.2, -0.15) is 4.39 Å². The monoisotopic (exact) mass is 234 g/mol. The van der Waals surface area contributed by atoms with Crippen molar-refractivity contribution in [1.82, 2.24) is 10.3 Å². The SMILES string of the molecule is B[C@@H]1CCCCC1NC(=O)c1ccnc(F)c1. The first-order valence-electron chi connectivity index (χ1n) is 6.09. The van der Waals surface area contributed by atoms with Gasteiger partial charge in [0.25, 0.3) is 5.91 Å². The highest BCUT2D eigenvalue weighted by Crippen LogP contribution is 2.26. The van der Waals surface area contributed by atoms with Crippen LogP contribution in [0.2, 0.25) is 5.82 Å². The Balaban J connectivity index is 2.01. The van der Waals surface area contributed by atoms with E-state index < -0.39 is 5.95 Å². The number of hydrogen-bond donors (Lipinski definition) is 1. The maximum atomic E-state index is 12.9. The number of pyridine rings is 1. The summed E-state index contributed by atoms with van der Waals surface area (Å²) < 4.78 is 12.9. The summed E-state index contributed by atoms with van der Waals surface area (Å²) in [6.07, 6.45) is 5.86. The van der Waals surface area contributed by atoms with E-state index >= 15 is 0 Å². The molecule has 1 heterocycles. The number of nitrogens with zero attached hydrogens (tertiary/aromatic N) is 1. The van der Waals surface area contributed by atoms with Crippen molar-refractivity contribution in [3.8, 4) is 0 Å². The molecule has 1 aliphatic rings. The van der Waals surface area contributed by atoms with Crippen molar-refractivity contribution in [2.45, 2.75) is 37.5 Å². The Hall–Kier alpha value is -1.39. The zero-order chi connectivity index (χ0) is 12.3. The Morgan fingerprint density at radius 1 is 1.47 bits per heavy atom. The zero-order valence-corrected chi connectivity index (χ0v) is 9.95. The van der Waals surface area contributed by atoms with Crippen LogP contribution in [-0.4, -0.2) is 24.8 Å². The molecule has 1 saturated carbocycles. The lowest BCUT2D eigenvalue weighted by Crippen LogP contribution is -2.39. The molecule has 0 bridgehead atoms. The second-order valence-electron chi connectivity index (χ2n) is 4.71. The van der Waals surface area contributed by atoms with Crippen molar-refractivity contribution in [2.75, 3.05) is 0 Å². The third-order valence-corrected chi connectivity index (χ3v) is 3.42. The predicted molar refractivity (Wildman–Crippen MR) is 66.2 cm³/mol. The van der Waals surface area contributed by atoms with Gasteiger partial charge in [0.15, 0.2) is 0 Å². The van der Waals surface area contributed by atoms with Crippen LogP contribution in [0.25, 0.3) is 0 Å². The maximum Gasteiger partial charge on any atom is 0.251 e. The van der Waals surface area contributed by atoms with Gasteiger partial charge in [0, 0.05) is 23.9 Å². The molecule has 2 rings (SSSR count). The third kappa shape index (κ3) is 3.05. The highest BCUT2D eigenvalue weighted by atomic mass is 19.1. The normalized spacial score (nSPS) is 24.3. The summed E-state index contributed by atoms with van der Waals surface area (Å²) in [5, 5.41) is 2.98. The lowest BCUT2D eigenvalue weighted by molar-refractivity contribution is 0.0927. The number of hydrogen-bond acceptors (Lipinski definition) is 2. The molecule has 17 heavy (non-hydrogen) atoms. The fourth-order valence-electron chi connectivity index (χ4n) is 2.33. The standard InChI is InChI=1S/C12H16BFN2O/c13-9-3-1-2-4-10(9)16-12(17)8-5-6-15-11(14)7-8/h5-7,9-10H,1-4,13H2,(H,16,17)/t9-,10?/m1/s1. The van der Waals surface area contributed by atoms with Gasteiger partial charge in [-0.1, -0.05) is 19.3 Å². The predicted octanol–water partition coefficient (Wildman–Crippen LogP) is 1.31. The summed E-state index contributed by atoms with van der Waals surface area (Å²) >= 11 is 0. The van der Waals surface area contributed by atoms with Gasteiger partial charge in [0.1, 0.15) is 7.85 Å². The molecule has 0 aromatic carbocycles. The molecule has 1 unspecified atom stereocenters. The number of nitrogens with one attached hydrogen (secondary N) is 1. The van der Waals surface area contributed by atoms with Crippen molar-refractivity contribution >= 4 is 13.8 Å². The van der Waals surface area contributed by atoms with Crippen molar-refractivity contribution in [1.29, 1.82) is 0 Å². The Morgan fingerprint density at radius 3 is 2.94 bits per heavy atom. The van der Waals surface area contributed by atoms with Crippen molar-refractivity contribution < 1.29 is 9.18 Å². The lowest BCUT2D eigenvalue weighted by atomic mass is 9.72. The minimum absolute atomic E-state index is 0.204. The van der Waals surface area contributed by atoms with Gasteiger partial charge in [0.05, 0.1) is 0 Å². The van der Waals surface area contributed by atoms with Crippen LogP contribution in [0.4, 0.5) is 4.39 Å². The van der Waals surface area contributed by atoms with E-state index in [0.29, 0.717) is 11.4 Å². The molecule has 5 heteroatoms. The van der Waals surface area contributed by atoms with Gasteiger partial charge in [0.2, 0.25) is 5.95 Å². The van der Waals surface area contributed by atoms with E-state index in [0.717, 1.165) is 19.3 Å². The first kappa shape index (κ1) is 12.1. The number of aromatic nitrogens is 1. The topological polar surface area (TPSA) is 42.0 Å². The minimum atomic E-state index is -0.616. The Morgan fingerprint density at radius 2 is 2.24 bits per heavy atom. The molecule has 90 valence electrons. The van der Waals surface area contributed by atoms with Crippen LogP contribution in [0.1, 0.15) is 36.0 Å². The molecule has 0 aliphatic heterocycles. The maximum absolute atomic E-state index is 12.9. The van der Waals surface area contributed by atoms with Crippen molar-refractivity contribution in [3.05, 3.63) is 29.8 Å². The second-order valence-corrected chi connectivity index (χ2v) is 4.71. The summed E-state index contributed by atoms with van der Waals surface area (Å²) in [5.74, 6) is -0.321. The van der Waals surface area contributed by atoms with Gasteiger partial charge in [-0.3, -0.25) is 4.79 Å². The minimum Gasteiger partial charge on any atom is -0.350 e. The summed E-state index contributed by atoms with van der Waals surface area (Å²) in [6.45, 7) is 0. The molecular weight excluding hydrogens is 218 g/mol. The van der Waals surface area contributed by atoms with Gasteiger partial charge in [-0.15, -0.1) is 0 Å². The second kappa shape index (κ2) is 5.30. The van der Waals surface area contributed by atoms with E-state index in [1.807, 2.05) is 0 Å². The average molecular weight is 234 g/mol. The first-order chi connectivity index (χ1) is 8.16. The summed E-state index contributed by atoms with van der Waals surface area (Å²) in [7, 11) is 2.15. The molecule has 1 fully saturated rings. The summed E-state index contributed by atoms with van der Waals surface area (Å²) in [4.78, 5) is 15.3. The first-order valence-corrected chi connectivity index (χ1v) is 6.09. The quantitative estimate of drug-likeness (QED) is 0.619. The highest BCUT2D eigenvalue weighted by molar-refractivity contribution is 6.12. The van der Waals surface area contributed by atoms with E-state index in [2.05, 4.69) is 18.1 Å². The largest absolute Gasteiger partial charge is 0.350 e. The molecule has 0 radical (unpaired) electrons. The summed E-state index contributed by atoms with van der Waals surface area (Å²) in [5.41, 5.74) is 0.343. The molecule has 1 N–H and O–H groups in total. The van der Waals surface area contributed by atoms with Gasteiger partial charge < -0.3 is 5.32 Å². The fraction of sp³-hybridized carbons (Fsp3) is 0.500. The molecule has 0 saturated heterocycles. The lowest BCUT2D eigenvalue weighted by Gasteiger charge is -2.29. The Labute approximate surface area is 101 Å². The molecular formula is C12H16BFN2O. The van der Waals surface area contributed by atoms with Crippen molar-refractivity contribution in [3.63, 3.8) is 0 Å². The fourth-order valence-corrected chi connectivity index (χ4v) is 2.33. The van der Waals surface area contributed by atoms with Gasteiger partial charge in [-0.25, -0.2) is 4.98 Å². The van der Waals surface area contributed by atoms with E-state index in [1.165, 1.54) is 24.8 Å². The highest BCUT2D eigenvalue weighted by Gasteiger charge is 2.23. The van der Waals surface area contributed by atoms with Crippen LogP contribution < -0.4 is 5.32 Å². The third-order valence-electron chi connectivity index (χ3n) is 3.42. The van der Waals surface area contributed by atoms with Crippen molar-refractivity contribution in [2.24, 2.45) is 0 Å². The number of carbonyl (C=O) groups excluding carboxylic acids is 1. The number of rotatable bonds is 2. The molecule has 2 atom stereocenters. The van der Waals surface area contributed by atoms with Crippen LogP contribution in [-0.2, 0) is 0 Å². The van der Waals surface area contributed by atoms with Crippen LogP contribution in [0.15, 0.2) is 18.3 Å². The van der Waals surface area contributed by atoms with Crippen LogP contribution in [0, 0.1) is 5.95 Å². The Kier molecular flexibility index (Phi) is 3.76. The molecule has 0 spiro atoms. The molecule has 1 aliphatic carbocycles. The van der Waals surface area contributed by atoms with E-state index in [-0.39, 0.29) is 11.9 Å². The van der Waals surface area contributed by atoms with Gasteiger partial charge in [-0.05, 0) is 18.3 Å².